The number of thioether (sulfide) groups is 1. The Bertz CT molecular complexity index is 924. The Morgan fingerprint density at radius 2 is 1.85 bits per heavy atom. The molecular weight excluding hydrogens is 368 g/mol. The van der Waals surface area contributed by atoms with E-state index >= 15 is 0 Å². The largest absolute Gasteiger partial charge is 0.324 e. The number of halogens is 1. The second kappa shape index (κ2) is 7.51. The lowest BCUT2D eigenvalue weighted by molar-refractivity contribution is -0.113. The minimum atomic E-state index is -0.126. The molecule has 0 unspecified atom stereocenters. The summed E-state index contributed by atoms with van der Waals surface area (Å²) < 4.78 is 2.06. The number of rotatable bonds is 6. The van der Waals surface area contributed by atoms with Gasteiger partial charge in [0.25, 0.3) is 0 Å². The summed E-state index contributed by atoms with van der Waals surface area (Å²) in [7, 11) is 0. The molecule has 26 heavy (non-hydrogen) atoms. The number of nitrogens with zero attached hydrogens (tertiary/aromatic N) is 3. The summed E-state index contributed by atoms with van der Waals surface area (Å²) in [5.41, 5.74) is 1.64. The van der Waals surface area contributed by atoms with Crippen molar-refractivity contribution in [3.8, 4) is 5.69 Å². The van der Waals surface area contributed by atoms with Gasteiger partial charge in [-0.15, -0.1) is 10.2 Å². The molecule has 7 heteroatoms. The van der Waals surface area contributed by atoms with Gasteiger partial charge in [0.05, 0.1) is 16.5 Å². The molecule has 3 aromatic rings. The van der Waals surface area contributed by atoms with Crippen LogP contribution in [-0.4, -0.2) is 26.4 Å². The van der Waals surface area contributed by atoms with Gasteiger partial charge >= 0.3 is 0 Å². The summed E-state index contributed by atoms with van der Waals surface area (Å²) in [6, 6.07) is 17.2. The van der Waals surface area contributed by atoms with Gasteiger partial charge < -0.3 is 5.32 Å². The normalized spacial score (nSPS) is 13.6. The van der Waals surface area contributed by atoms with E-state index in [9.17, 15) is 4.79 Å². The van der Waals surface area contributed by atoms with Crippen molar-refractivity contribution in [3.05, 3.63) is 65.4 Å². The maximum Gasteiger partial charge on any atom is 0.234 e. The molecule has 5 nitrogen and oxygen atoms in total. The zero-order valence-electron chi connectivity index (χ0n) is 13.9. The standard InChI is InChI=1S/C19H17ClN4OS/c20-15-8-4-5-9-16(15)21-17(25)12-26-19-23-22-18(13-10-11-13)24(19)14-6-2-1-3-7-14/h1-9,13H,10-12H2,(H,21,25). The van der Waals surface area contributed by atoms with Crippen molar-refractivity contribution in [3.63, 3.8) is 0 Å². The average Bonchev–Trinajstić information content (AvgIpc) is 3.42. The second-order valence-corrected chi connectivity index (χ2v) is 7.45. The molecule has 1 aliphatic carbocycles. The fourth-order valence-corrected chi connectivity index (χ4v) is 3.62. The summed E-state index contributed by atoms with van der Waals surface area (Å²) in [5, 5.41) is 12.8. The van der Waals surface area contributed by atoms with E-state index in [1.54, 1.807) is 12.1 Å². The van der Waals surface area contributed by atoms with Gasteiger partial charge in [-0.1, -0.05) is 53.7 Å². The van der Waals surface area contributed by atoms with E-state index in [0.29, 0.717) is 16.6 Å². The zero-order valence-corrected chi connectivity index (χ0v) is 15.5. The predicted molar refractivity (Wildman–Crippen MR) is 104 cm³/mol. The van der Waals surface area contributed by atoms with E-state index in [1.807, 2.05) is 42.5 Å². The number of para-hydroxylation sites is 2. The zero-order chi connectivity index (χ0) is 17.9. The Labute approximate surface area is 160 Å². The third kappa shape index (κ3) is 3.76. The highest BCUT2D eigenvalue weighted by atomic mass is 35.5. The van der Waals surface area contributed by atoms with Crippen LogP contribution in [0.5, 0.6) is 0 Å². The van der Waals surface area contributed by atoms with Gasteiger partial charge in [0, 0.05) is 11.6 Å². The molecule has 0 atom stereocenters. The molecule has 0 radical (unpaired) electrons. The number of benzene rings is 2. The smallest absolute Gasteiger partial charge is 0.234 e. The number of carbonyl (C=O) groups excluding carboxylic acids is 1. The van der Waals surface area contributed by atoms with Crippen LogP contribution in [0.25, 0.3) is 5.69 Å². The Hall–Kier alpha value is -2.31. The molecule has 132 valence electrons. The van der Waals surface area contributed by atoms with Crippen LogP contribution in [0.1, 0.15) is 24.6 Å². The van der Waals surface area contributed by atoms with Crippen LogP contribution in [-0.2, 0) is 4.79 Å². The van der Waals surface area contributed by atoms with Crippen LogP contribution in [0.15, 0.2) is 59.8 Å². The molecular formula is C19H17ClN4OS. The molecule has 0 bridgehead atoms. The molecule has 1 fully saturated rings. The second-order valence-electron chi connectivity index (χ2n) is 6.10. The van der Waals surface area contributed by atoms with Gasteiger partial charge in [-0.25, -0.2) is 0 Å². The number of amides is 1. The number of carbonyl (C=O) groups is 1. The molecule has 0 saturated heterocycles. The summed E-state index contributed by atoms with van der Waals surface area (Å²) in [6.07, 6.45) is 2.28. The molecule has 4 rings (SSSR count). The summed E-state index contributed by atoms with van der Waals surface area (Å²) >= 11 is 7.46. The Kier molecular flexibility index (Phi) is 4.95. The maximum atomic E-state index is 12.3. The van der Waals surface area contributed by atoms with Crippen molar-refractivity contribution in [2.45, 2.75) is 23.9 Å². The Balaban J connectivity index is 1.50. The van der Waals surface area contributed by atoms with Crippen LogP contribution >= 0.6 is 23.4 Å². The molecule has 1 saturated carbocycles. The molecule has 2 aromatic carbocycles. The van der Waals surface area contributed by atoms with Crippen molar-refractivity contribution in [1.82, 2.24) is 14.8 Å². The van der Waals surface area contributed by atoms with Gasteiger partial charge in [-0.3, -0.25) is 9.36 Å². The van der Waals surface area contributed by atoms with E-state index in [0.717, 1.165) is 29.5 Å². The number of aromatic nitrogens is 3. The topological polar surface area (TPSA) is 59.8 Å². The van der Waals surface area contributed by atoms with Crippen LogP contribution in [0, 0.1) is 0 Å². The molecule has 0 spiro atoms. The number of anilines is 1. The van der Waals surface area contributed by atoms with Crippen molar-refractivity contribution < 1.29 is 4.79 Å². The monoisotopic (exact) mass is 384 g/mol. The lowest BCUT2D eigenvalue weighted by atomic mass is 10.3. The van der Waals surface area contributed by atoms with E-state index in [2.05, 4.69) is 20.1 Å². The third-order valence-electron chi connectivity index (χ3n) is 4.10. The van der Waals surface area contributed by atoms with Crippen molar-refractivity contribution in [1.29, 1.82) is 0 Å². The highest BCUT2D eigenvalue weighted by molar-refractivity contribution is 7.99. The first-order chi connectivity index (χ1) is 12.7. The Morgan fingerprint density at radius 1 is 1.12 bits per heavy atom. The fourth-order valence-electron chi connectivity index (χ4n) is 2.68. The fraction of sp³-hybridized carbons (Fsp3) is 0.211. The highest BCUT2D eigenvalue weighted by Crippen LogP contribution is 2.41. The SMILES string of the molecule is O=C(CSc1nnc(C2CC2)n1-c1ccccc1)Nc1ccccc1Cl. The first-order valence-corrected chi connectivity index (χ1v) is 9.76. The van der Waals surface area contributed by atoms with Gasteiger partial charge in [-0.2, -0.15) is 0 Å². The molecule has 1 aliphatic rings. The van der Waals surface area contributed by atoms with Gasteiger partial charge in [0.1, 0.15) is 5.82 Å². The average molecular weight is 385 g/mol. The summed E-state index contributed by atoms with van der Waals surface area (Å²) in [5.74, 6) is 1.55. The van der Waals surface area contributed by atoms with E-state index in [-0.39, 0.29) is 11.7 Å². The van der Waals surface area contributed by atoms with Crippen LogP contribution in [0.4, 0.5) is 5.69 Å². The van der Waals surface area contributed by atoms with E-state index in [4.69, 9.17) is 11.6 Å². The highest BCUT2D eigenvalue weighted by Gasteiger charge is 2.31. The lowest BCUT2D eigenvalue weighted by Gasteiger charge is -2.10. The molecule has 0 aliphatic heterocycles. The van der Waals surface area contributed by atoms with Crippen molar-refractivity contribution in [2.75, 3.05) is 11.1 Å². The van der Waals surface area contributed by atoms with Crippen LogP contribution in [0.3, 0.4) is 0 Å². The Morgan fingerprint density at radius 3 is 2.58 bits per heavy atom. The van der Waals surface area contributed by atoms with E-state index in [1.165, 1.54) is 11.8 Å². The summed E-state index contributed by atoms with van der Waals surface area (Å²) in [6.45, 7) is 0. The van der Waals surface area contributed by atoms with Crippen LogP contribution < -0.4 is 5.32 Å². The summed E-state index contributed by atoms with van der Waals surface area (Å²) in [4.78, 5) is 12.3. The van der Waals surface area contributed by atoms with Crippen molar-refractivity contribution >= 4 is 35.0 Å². The number of hydrogen-bond acceptors (Lipinski definition) is 4. The van der Waals surface area contributed by atoms with Gasteiger partial charge in [0.2, 0.25) is 5.91 Å². The van der Waals surface area contributed by atoms with Crippen molar-refractivity contribution in [2.24, 2.45) is 0 Å². The molecule has 1 aromatic heterocycles. The minimum Gasteiger partial charge on any atom is -0.324 e. The number of nitrogens with one attached hydrogen (secondary N) is 1. The minimum absolute atomic E-state index is 0.126. The molecule has 1 N–H and O–H groups in total. The maximum absolute atomic E-state index is 12.3. The molecule has 1 heterocycles. The first kappa shape index (κ1) is 17.1. The lowest BCUT2D eigenvalue weighted by Crippen LogP contribution is -2.15. The third-order valence-corrected chi connectivity index (χ3v) is 5.35. The van der Waals surface area contributed by atoms with Gasteiger partial charge in [-0.05, 0) is 37.1 Å². The van der Waals surface area contributed by atoms with Crippen LogP contribution in [0.2, 0.25) is 5.02 Å². The first-order valence-electron chi connectivity index (χ1n) is 8.40. The number of hydrogen-bond donors (Lipinski definition) is 1. The molecule has 1 amide bonds. The van der Waals surface area contributed by atoms with E-state index < -0.39 is 0 Å². The van der Waals surface area contributed by atoms with Gasteiger partial charge in [0.15, 0.2) is 5.16 Å². The predicted octanol–water partition coefficient (Wildman–Crippen LogP) is 4.53. The quantitative estimate of drug-likeness (QED) is 0.634.